The highest BCUT2D eigenvalue weighted by Gasteiger charge is 2.68. The van der Waals surface area contributed by atoms with Gasteiger partial charge in [-0.3, -0.25) is 9.59 Å². The average Bonchev–Trinajstić information content (AvgIpc) is 2.78. The van der Waals surface area contributed by atoms with E-state index < -0.39 is 26.4 Å². The fourth-order valence-electron chi connectivity index (χ4n) is 3.81. The number of hydrogen-bond donors (Lipinski definition) is 1. The Kier molecular flexibility index (Phi) is 4.39. The number of Topliss-reactive ketones (excluding diaryl/α,β-unsaturated/α-hetero) is 2. The summed E-state index contributed by atoms with van der Waals surface area (Å²) in [5, 5.41) is 1.07. The molecule has 2 bridgehead atoms. The maximum atomic E-state index is 12.8. The fourth-order valence-corrected chi connectivity index (χ4v) is 5.16. The third-order valence-corrected chi connectivity index (χ3v) is 6.88. The van der Waals surface area contributed by atoms with Gasteiger partial charge in [0.25, 0.3) is 0 Å². The van der Waals surface area contributed by atoms with E-state index >= 15 is 0 Å². The number of nitrogens with zero attached hydrogens (tertiary/aromatic N) is 1. The lowest BCUT2D eigenvalue weighted by atomic mass is 9.65. The summed E-state index contributed by atoms with van der Waals surface area (Å²) < 4.78 is 26.7. The monoisotopic (exact) mass is 350 g/mol. The Morgan fingerprint density at radius 3 is 2.64 bits per heavy atom. The van der Waals surface area contributed by atoms with Crippen LogP contribution in [0.3, 0.4) is 0 Å². The third kappa shape index (κ3) is 2.46. The Labute approximate surface area is 133 Å². The molecule has 1 N–H and O–H groups in total. The number of carbonyl (C=O) groups excluding carboxylic acids is 2. The molecule has 4 atom stereocenters. The van der Waals surface area contributed by atoms with E-state index in [1.807, 2.05) is 19.2 Å². The standard InChI is InChI=1S/C12H18N2O6S2/c1-7(21-20-22(13,18)19-14-17)10(16)12-5-4-8(6-9(12)15)11(12,2)3/h7-8,13H,4-6H2,1-3H3. The van der Waals surface area contributed by atoms with Gasteiger partial charge in [-0.1, -0.05) is 13.8 Å². The van der Waals surface area contributed by atoms with Crippen molar-refractivity contribution in [2.24, 2.45) is 22.1 Å². The molecule has 2 aliphatic carbocycles. The van der Waals surface area contributed by atoms with Gasteiger partial charge in [-0.15, -0.1) is 4.91 Å². The van der Waals surface area contributed by atoms with E-state index in [2.05, 4.69) is 7.91 Å². The van der Waals surface area contributed by atoms with Gasteiger partial charge in [0.1, 0.15) is 5.78 Å². The summed E-state index contributed by atoms with van der Waals surface area (Å²) in [4.78, 5) is 35.1. The zero-order valence-corrected chi connectivity index (χ0v) is 14.1. The molecule has 2 fully saturated rings. The van der Waals surface area contributed by atoms with Gasteiger partial charge in [0.15, 0.2) is 11.1 Å². The molecule has 10 heteroatoms. The highest BCUT2D eigenvalue weighted by atomic mass is 32.3. The Morgan fingerprint density at radius 2 is 2.18 bits per heavy atom. The van der Waals surface area contributed by atoms with Crippen LogP contribution in [0.4, 0.5) is 0 Å². The number of ketones is 2. The lowest BCUT2D eigenvalue weighted by molar-refractivity contribution is -0.142. The molecule has 0 amide bonds. The first-order valence-electron chi connectivity index (χ1n) is 6.81. The molecule has 0 saturated heterocycles. The molecular formula is C12H18N2O6S2. The van der Waals surface area contributed by atoms with Crippen molar-refractivity contribution in [3.63, 3.8) is 0 Å². The van der Waals surface area contributed by atoms with Gasteiger partial charge in [0.05, 0.1) is 10.7 Å². The Hall–Kier alpha value is -1.00. The van der Waals surface area contributed by atoms with E-state index in [9.17, 15) is 18.7 Å². The van der Waals surface area contributed by atoms with Crippen LogP contribution in [0.5, 0.6) is 0 Å². The van der Waals surface area contributed by atoms with Crippen LogP contribution in [-0.4, -0.2) is 21.0 Å². The normalized spacial score (nSPS) is 33.2. The number of carbonyl (C=O) groups is 2. The first kappa shape index (κ1) is 17.4. The summed E-state index contributed by atoms with van der Waals surface area (Å²) >= 11 is 0.465. The highest BCUT2D eigenvalue weighted by Crippen LogP contribution is 2.64. The number of nitrogens with one attached hydrogen (secondary N) is 1. The maximum absolute atomic E-state index is 12.8. The molecule has 8 nitrogen and oxygen atoms in total. The van der Waals surface area contributed by atoms with Crippen molar-refractivity contribution < 1.29 is 21.7 Å². The number of hydrogen-bond acceptors (Lipinski definition) is 9. The van der Waals surface area contributed by atoms with Gasteiger partial charge < -0.3 is 0 Å². The first-order chi connectivity index (χ1) is 10.1. The summed E-state index contributed by atoms with van der Waals surface area (Å²) in [5.74, 6) is -0.143. The van der Waals surface area contributed by atoms with Crippen LogP contribution in [0, 0.1) is 26.4 Å². The minimum atomic E-state index is -4.10. The van der Waals surface area contributed by atoms with Crippen molar-refractivity contribution in [2.75, 3.05) is 0 Å². The molecule has 0 aromatic carbocycles. The minimum absolute atomic E-state index is 0.0522. The maximum Gasteiger partial charge on any atom is 0.370 e. The molecule has 2 saturated carbocycles. The van der Waals surface area contributed by atoms with Crippen LogP contribution in [0.15, 0.2) is 5.34 Å². The Balaban J connectivity index is 2.14. The van der Waals surface area contributed by atoms with E-state index in [1.165, 1.54) is 6.92 Å². The summed E-state index contributed by atoms with van der Waals surface area (Å²) in [6.07, 6.45) is 1.75. The summed E-state index contributed by atoms with van der Waals surface area (Å²) in [6, 6.07) is 0. The SMILES string of the molecule is CC(SOS(=N)(=O)ON=O)C(=O)C12CCC(CC1=O)C2(C)C. The zero-order valence-electron chi connectivity index (χ0n) is 12.5. The molecule has 0 radical (unpaired) electrons. The van der Waals surface area contributed by atoms with Gasteiger partial charge in [0.2, 0.25) is 0 Å². The highest BCUT2D eigenvalue weighted by molar-refractivity contribution is 8.04. The average molecular weight is 350 g/mol. The molecule has 2 aliphatic rings. The van der Waals surface area contributed by atoms with Crippen LogP contribution >= 0.6 is 12.0 Å². The lowest BCUT2D eigenvalue weighted by Crippen LogP contribution is -2.47. The van der Waals surface area contributed by atoms with Crippen LogP contribution in [-0.2, 0) is 27.8 Å². The third-order valence-electron chi connectivity index (χ3n) is 5.09. The molecule has 0 spiro atoms. The zero-order chi connectivity index (χ0) is 16.8. The predicted molar refractivity (Wildman–Crippen MR) is 79.4 cm³/mol. The Bertz CT molecular complexity index is 617. The van der Waals surface area contributed by atoms with Gasteiger partial charge in [-0.2, -0.15) is 12.6 Å². The molecule has 0 aromatic heterocycles. The Morgan fingerprint density at radius 1 is 1.55 bits per heavy atom. The van der Waals surface area contributed by atoms with Crippen molar-refractivity contribution in [2.45, 2.75) is 45.3 Å². The molecule has 0 aromatic rings. The molecule has 124 valence electrons. The lowest BCUT2D eigenvalue weighted by Gasteiger charge is -2.36. The van der Waals surface area contributed by atoms with Crippen LogP contribution < -0.4 is 0 Å². The van der Waals surface area contributed by atoms with Crippen molar-refractivity contribution in [3.8, 4) is 0 Å². The van der Waals surface area contributed by atoms with E-state index in [4.69, 9.17) is 4.78 Å². The summed E-state index contributed by atoms with van der Waals surface area (Å²) in [6.45, 7) is 5.37. The number of fused-ring (bicyclic) bond motifs is 2. The molecule has 0 heterocycles. The van der Waals surface area contributed by atoms with E-state index in [0.29, 0.717) is 24.9 Å². The molecular weight excluding hydrogens is 332 g/mol. The van der Waals surface area contributed by atoms with E-state index in [-0.39, 0.29) is 17.5 Å². The minimum Gasteiger partial charge on any atom is -0.299 e. The van der Waals surface area contributed by atoms with Crippen LogP contribution in [0.2, 0.25) is 0 Å². The molecule has 0 aliphatic heterocycles. The largest absolute Gasteiger partial charge is 0.370 e. The van der Waals surface area contributed by atoms with Crippen molar-refractivity contribution in [1.29, 1.82) is 4.78 Å². The van der Waals surface area contributed by atoms with Crippen molar-refractivity contribution in [1.82, 2.24) is 0 Å². The van der Waals surface area contributed by atoms with Crippen molar-refractivity contribution in [3.05, 3.63) is 4.91 Å². The second-order valence-electron chi connectivity index (χ2n) is 6.26. The van der Waals surface area contributed by atoms with E-state index in [0.717, 1.165) is 6.42 Å². The second kappa shape index (κ2) is 5.57. The fraction of sp³-hybridized carbons (Fsp3) is 0.833. The van der Waals surface area contributed by atoms with E-state index in [1.54, 1.807) is 0 Å². The predicted octanol–water partition coefficient (Wildman–Crippen LogP) is 2.58. The quantitative estimate of drug-likeness (QED) is 0.324. The smallest absolute Gasteiger partial charge is 0.299 e. The van der Waals surface area contributed by atoms with Gasteiger partial charge in [-0.25, -0.2) is 4.28 Å². The molecule has 4 unspecified atom stereocenters. The number of rotatable bonds is 7. The van der Waals surface area contributed by atoms with Crippen molar-refractivity contribution >= 4 is 33.9 Å². The first-order valence-corrected chi connectivity index (χ1v) is 9.02. The van der Waals surface area contributed by atoms with Gasteiger partial charge in [-0.05, 0) is 31.1 Å². The molecule has 22 heavy (non-hydrogen) atoms. The molecule has 2 rings (SSSR count). The van der Waals surface area contributed by atoms with Gasteiger partial charge >= 0.3 is 10.3 Å². The van der Waals surface area contributed by atoms with Crippen LogP contribution in [0.25, 0.3) is 0 Å². The van der Waals surface area contributed by atoms with Crippen LogP contribution in [0.1, 0.15) is 40.0 Å². The summed E-state index contributed by atoms with van der Waals surface area (Å²) in [7, 11) is -4.10. The second-order valence-corrected chi connectivity index (χ2v) is 8.77. The topological polar surface area (TPSA) is 123 Å². The van der Waals surface area contributed by atoms with Gasteiger partial charge in [0, 0.05) is 18.5 Å². The summed E-state index contributed by atoms with van der Waals surface area (Å²) in [5.41, 5.74) is -1.46.